The van der Waals surface area contributed by atoms with Gasteiger partial charge < -0.3 is 15.1 Å². The highest BCUT2D eigenvalue weighted by molar-refractivity contribution is 14.1. The Morgan fingerprint density at radius 3 is 2.35 bits per heavy atom. The molecule has 6 nitrogen and oxygen atoms in total. The lowest BCUT2D eigenvalue weighted by Gasteiger charge is -2.20. The fourth-order valence-electron chi connectivity index (χ4n) is 4.58. The molecule has 0 radical (unpaired) electrons. The summed E-state index contributed by atoms with van der Waals surface area (Å²) in [4.78, 5) is 25.7. The first kappa shape index (κ1) is 27.9. The van der Waals surface area contributed by atoms with Crippen LogP contribution in [0.25, 0.3) is 11.1 Å². The van der Waals surface area contributed by atoms with Crippen molar-refractivity contribution < 1.29 is 13.6 Å². The van der Waals surface area contributed by atoms with Crippen LogP contribution in [0.2, 0.25) is 0 Å². The van der Waals surface area contributed by atoms with Crippen molar-refractivity contribution in [2.24, 2.45) is 4.99 Å². The maximum atomic E-state index is 14.8. The molecule has 0 unspecified atom stereocenters. The number of aromatic nitrogens is 1. The standard InChI is InChI=1S/C31H28F2IN5O/c1-38(2)13-14-39(3)31(40)19-7-10-22(11-8-19)37-28-16-24-20(17-35-28)18-36-30(25-15-21(34)9-12-23(24)25)29-26(32)5-4-6-27(29)33/h4-12,15-17H,13-14,18H2,1-3H3,(H,35,37). The number of amides is 1. The van der Waals surface area contributed by atoms with E-state index in [1.54, 1.807) is 30.3 Å². The molecule has 5 rings (SSSR count). The Kier molecular flexibility index (Phi) is 8.22. The van der Waals surface area contributed by atoms with Gasteiger partial charge in [-0.25, -0.2) is 13.8 Å². The highest BCUT2D eigenvalue weighted by atomic mass is 127. The van der Waals surface area contributed by atoms with Gasteiger partial charge in [0.25, 0.3) is 5.91 Å². The van der Waals surface area contributed by atoms with E-state index in [1.807, 2.05) is 55.4 Å². The molecule has 0 fully saturated rings. The zero-order valence-electron chi connectivity index (χ0n) is 22.4. The number of carbonyl (C=O) groups is 1. The minimum atomic E-state index is -0.652. The van der Waals surface area contributed by atoms with Crippen LogP contribution in [-0.2, 0) is 6.54 Å². The molecule has 40 heavy (non-hydrogen) atoms. The minimum Gasteiger partial charge on any atom is -0.340 e. The summed E-state index contributed by atoms with van der Waals surface area (Å²) in [5, 5.41) is 3.31. The summed E-state index contributed by atoms with van der Waals surface area (Å²) in [6, 6.07) is 18.9. The van der Waals surface area contributed by atoms with Gasteiger partial charge in [-0.2, -0.15) is 0 Å². The summed E-state index contributed by atoms with van der Waals surface area (Å²) in [7, 11) is 5.75. The van der Waals surface area contributed by atoms with Gasteiger partial charge in [-0.1, -0.05) is 12.1 Å². The molecule has 0 bridgehead atoms. The number of hydrogen-bond donors (Lipinski definition) is 1. The number of nitrogens with zero attached hydrogens (tertiary/aromatic N) is 4. The smallest absolute Gasteiger partial charge is 0.253 e. The van der Waals surface area contributed by atoms with E-state index in [1.165, 1.54) is 18.2 Å². The average molecular weight is 651 g/mol. The highest BCUT2D eigenvalue weighted by Crippen LogP contribution is 2.36. The first-order chi connectivity index (χ1) is 19.2. The third-order valence-electron chi connectivity index (χ3n) is 6.75. The number of benzene rings is 3. The number of fused-ring (bicyclic) bond motifs is 3. The molecule has 1 aliphatic heterocycles. The van der Waals surface area contributed by atoms with E-state index in [0.717, 1.165) is 32.5 Å². The van der Waals surface area contributed by atoms with Gasteiger partial charge in [0.05, 0.1) is 17.8 Å². The molecule has 3 aromatic carbocycles. The Morgan fingerprint density at radius 1 is 0.925 bits per heavy atom. The van der Waals surface area contributed by atoms with Crippen LogP contribution in [0, 0.1) is 15.2 Å². The van der Waals surface area contributed by atoms with Gasteiger partial charge in [0, 0.05) is 46.7 Å². The van der Waals surface area contributed by atoms with Crippen molar-refractivity contribution in [1.82, 2.24) is 14.8 Å². The van der Waals surface area contributed by atoms with Crippen LogP contribution in [0.5, 0.6) is 0 Å². The molecule has 204 valence electrons. The second kappa shape index (κ2) is 11.8. The highest BCUT2D eigenvalue weighted by Gasteiger charge is 2.24. The normalized spacial score (nSPS) is 12.3. The minimum absolute atomic E-state index is 0.0371. The first-order valence-corrected chi connectivity index (χ1v) is 13.8. The van der Waals surface area contributed by atoms with Gasteiger partial charge in [0.1, 0.15) is 17.5 Å². The van der Waals surface area contributed by atoms with Crippen LogP contribution in [-0.4, -0.2) is 60.6 Å². The van der Waals surface area contributed by atoms with Crippen LogP contribution in [0.1, 0.15) is 27.0 Å². The number of pyridine rings is 1. The van der Waals surface area contributed by atoms with E-state index in [-0.39, 0.29) is 23.7 Å². The van der Waals surface area contributed by atoms with Crippen LogP contribution >= 0.6 is 22.6 Å². The van der Waals surface area contributed by atoms with Crippen molar-refractivity contribution in [3.63, 3.8) is 0 Å². The summed E-state index contributed by atoms with van der Waals surface area (Å²) in [6.45, 7) is 1.66. The van der Waals surface area contributed by atoms with E-state index in [9.17, 15) is 13.6 Å². The Bertz CT molecular complexity index is 1580. The van der Waals surface area contributed by atoms with Gasteiger partial charge in [-0.05, 0) is 108 Å². The van der Waals surface area contributed by atoms with Crippen molar-refractivity contribution in [1.29, 1.82) is 0 Å². The van der Waals surface area contributed by atoms with Crippen LogP contribution < -0.4 is 5.32 Å². The number of halogens is 3. The molecule has 4 aromatic rings. The molecule has 1 amide bonds. The Morgan fingerprint density at radius 2 is 1.65 bits per heavy atom. The van der Waals surface area contributed by atoms with E-state index >= 15 is 0 Å². The summed E-state index contributed by atoms with van der Waals surface area (Å²) in [5.74, 6) is -0.738. The lowest BCUT2D eigenvalue weighted by atomic mass is 9.92. The number of likely N-dealkylation sites (N-methyl/N-ethyl adjacent to an activating group) is 2. The lowest BCUT2D eigenvalue weighted by Crippen LogP contribution is -2.33. The zero-order chi connectivity index (χ0) is 28.4. The predicted octanol–water partition coefficient (Wildman–Crippen LogP) is 6.36. The zero-order valence-corrected chi connectivity index (χ0v) is 24.5. The molecular formula is C31H28F2IN5O. The Hall–Kier alpha value is -3.70. The van der Waals surface area contributed by atoms with Crippen LogP contribution in [0.15, 0.2) is 77.9 Å². The fraction of sp³-hybridized carbons (Fsp3) is 0.194. The number of carbonyl (C=O) groups excluding carboxylic acids is 1. The van der Waals surface area contributed by atoms with Gasteiger partial charge in [0.2, 0.25) is 0 Å². The van der Waals surface area contributed by atoms with Crippen molar-refractivity contribution in [2.45, 2.75) is 6.54 Å². The summed E-state index contributed by atoms with van der Waals surface area (Å²) >= 11 is 2.19. The maximum Gasteiger partial charge on any atom is 0.253 e. The van der Waals surface area contributed by atoms with Crippen molar-refractivity contribution in [3.05, 3.63) is 110 Å². The molecule has 0 spiro atoms. The summed E-state index contributed by atoms with van der Waals surface area (Å²) < 4.78 is 30.6. The van der Waals surface area contributed by atoms with Crippen molar-refractivity contribution in [3.8, 4) is 11.1 Å². The molecule has 1 N–H and O–H groups in total. The van der Waals surface area contributed by atoms with E-state index in [2.05, 4.69) is 37.9 Å². The fourth-order valence-corrected chi connectivity index (χ4v) is 5.07. The molecule has 0 atom stereocenters. The monoisotopic (exact) mass is 651 g/mol. The summed E-state index contributed by atoms with van der Waals surface area (Å²) in [5.41, 5.74) is 4.75. The largest absolute Gasteiger partial charge is 0.340 e. The van der Waals surface area contributed by atoms with Crippen LogP contribution in [0.3, 0.4) is 0 Å². The summed E-state index contributed by atoms with van der Waals surface area (Å²) in [6.07, 6.45) is 1.74. The Balaban J connectivity index is 1.43. The first-order valence-electron chi connectivity index (χ1n) is 12.8. The predicted molar refractivity (Wildman–Crippen MR) is 163 cm³/mol. The molecule has 1 aromatic heterocycles. The topological polar surface area (TPSA) is 60.8 Å². The van der Waals surface area contributed by atoms with Gasteiger partial charge >= 0.3 is 0 Å². The van der Waals surface area contributed by atoms with Gasteiger partial charge in [-0.15, -0.1) is 0 Å². The molecule has 0 saturated carbocycles. The number of anilines is 2. The van der Waals surface area contributed by atoms with Gasteiger partial charge in [-0.3, -0.25) is 9.79 Å². The van der Waals surface area contributed by atoms with Gasteiger partial charge in [0.15, 0.2) is 0 Å². The number of hydrogen-bond acceptors (Lipinski definition) is 5. The quantitative estimate of drug-likeness (QED) is 0.237. The molecule has 1 aliphatic rings. The third kappa shape index (κ3) is 5.90. The number of aliphatic imine (C=N–C) groups is 1. The molecule has 9 heteroatoms. The maximum absolute atomic E-state index is 14.8. The third-order valence-corrected chi connectivity index (χ3v) is 7.43. The van der Waals surface area contributed by atoms with Crippen molar-refractivity contribution >= 4 is 45.7 Å². The lowest BCUT2D eigenvalue weighted by molar-refractivity contribution is 0.0786. The second-order valence-electron chi connectivity index (χ2n) is 9.91. The number of rotatable bonds is 7. The number of nitrogens with one attached hydrogen (secondary N) is 1. The van der Waals surface area contributed by atoms with E-state index in [0.29, 0.717) is 23.5 Å². The van der Waals surface area contributed by atoms with E-state index < -0.39 is 11.6 Å². The SMILES string of the molecule is CN(C)CCN(C)C(=O)c1ccc(Nc2cc3c(cn2)CN=C(c2c(F)cccc2F)c2cc(I)ccc2-3)cc1. The molecule has 0 saturated heterocycles. The van der Waals surface area contributed by atoms with E-state index in [4.69, 9.17) is 0 Å². The molecule has 0 aliphatic carbocycles. The van der Waals surface area contributed by atoms with Crippen molar-refractivity contribution in [2.75, 3.05) is 39.5 Å². The Labute approximate surface area is 245 Å². The average Bonchev–Trinajstić information content (AvgIpc) is 3.08. The molecular weight excluding hydrogens is 623 g/mol. The second-order valence-corrected chi connectivity index (χ2v) is 11.2. The van der Waals surface area contributed by atoms with Crippen LogP contribution in [0.4, 0.5) is 20.3 Å². The molecule has 2 heterocycles.